The molecule has 0 fully saturated rings. The van der Waals surface area contributed by atoms with Crippen LogP contribution in [0.1, 0.15) is 41.0 Å². The zero-order valence-corrected chi connectivity index (χ0v) is 22.1. The molecule has 7 nitrogen and oxygen atoms in total. The van der Waals surface area contributed by atoms with E-state index in [1.54, 1.807) is 31.2 Å². The third kappa shape index (κ3) is 5.89. The summed E-state index contributed by atoms with van der Waals surface area (Å²) >= 11 is 0. The Kier molecular flexibility index (Phi) is 7.92. The second-order valence-corrected chi connectivity index (χ2v) is 9.87. The maximum absolute atomic E-state index is 13.2. The van der Waals surface area contributed by atoms with Gasteiger partial charge in [0.15, 0.2) is 0 Å². The number of hydrogen-bond donors (Lipinski definition) is 2. The van der Waals surface area contributed by atoms with Gasteiger partial charge in [0, 0.05) is 18.2 Å². The molecule has 1 aliphatic carbocycles. The maximum Gasteiger partial charge on any atom is 0.411 e. The van der Waals surface area contributed by atoms with Crippen LogP contribution in [0.5, 0.6) is 0 Å². The Morgan fingerprint density at radius 2 is 1.40 bits per heavy atom. The first-order valence-corrected chi connectivity index (χ1v) is 13.2. The summed E-state index contributed by atoms with van der Waals surface area (Å²) in [5.41, 5.74) is 6.72. The summed E-state index contributed by atoms with van der Waals surface area (Å²) in [6.07, 6.45) is -0.561. The normalized spacial score (nSPS) is 12.6. The zero-order valence-electron chi connectivity index (χ0n) is 22.1. The Balaban J connectivity index is 1.20. The first kappa shape index (κ1) is 26.7. The largest absolute Gasteiger partial charge is 0.480 e. The molecule has 0 aromatic heterocycles. The number of rotatable bonds is 9. The molecule has 1 unspecified atom stereocenters. The van der Waals surface area contributed by atoms with Crippen molar-refractivity contribution in [2.45, 2.75) is 25.3 Å². The van der Waals surface area contributed by atoms with Gasteiger partial charge in [-0.2, -0.15) is 0 Å². The highest BCUT2D eigenvalue weighted by Gasteiger charge is 2.29. The number of aliphatic carboxylic acids is 1. The number of carbonyl (C=O) groups is 3. The fourth-order valence-electron chi connectivity index (χ4n) is 5.20. The fourth-order valence-corrected chi connectivity index (χ4v) is 5.20. The second kappa shape index (κ2) is 11.9. The van der Waals surface area contributed by atoms with Crippen molar-refractivity contribution in [2.24, 2.45) is 0 Å². The average molecular weight is 535 g/mol. The Morgan fingerprint density at radius 1 is 0.825 bits per heavy atom. The van der Waals surface area contributed by atoms with E-state index < -0.39 is 18.0 Å². The molecule has 202 valence electrons. The van der Waals surface area contributed by atoms with Crippen LogP contribution in [-0.2, 0) is 20.9 Å². The van der Waals surface area contributed by atoms with Crippen molar-refractivity contribution in [1.82, 2.24) is 4.90 Å². The first-order valence-electron chi connectivity index (χ1n) is 13.2. The number of nitrogens with zero attached hydrogens (tertiary/aromatic N) is 1. The summed E-state index contributed by atoms with van der Waals surface area (Å²) in [4.78, 5) is 38.6. The number of benzene rings is 4. The lowest BCUT2D eigenvalue weighted by Gasteiger charge is -2.24. The van der Waals surface area contributed by atoms with Gasteiger partial charge in [0.2, 0.25) is 5.91 Å². The van der Waals surface area contributed by atoms with Crippen molar-refractivity contribution in [1.29, 1.82) is 0 Å². The number of hydrogen-bond acceptors (Lipinski definition) is 4. The van der Waals surface area contributed by atoms with Gasteiger partial charge < -0.3 is 14.7 Å². The molecule has 0 saturated carbocycles. The minimum Gasteiger partial charge on any atom is -0.480 e. The van der Waals surface area contributed by atoms with Crippen molar-refractivity contribution in [3.8, 4) is 11.1 Å². The van der Waals surface area contributed by atoms with E-state index in [1.165, 1.54) is 4.90 Å². The average Bonchev–Trinajstić information content (AvgIpc) is 3.29. The Hall–Kier alpha value is -4.91. The molecule has 0 spiro atoms. The molecule has 0 bridgehead atoms. The topological polar surface area (TPSA) is 95.9 Å². The van der Waals surface area contributed by atoms with Gasteiger partial charge in [-0.15, -0.1) is 0 Å². The molecule has 40 heavy (non-hydrogen) atoms. The lowest BCUT2D eigenvalue weighted by molar-refractivity contribution is -0.145. The number of ether oxygens (including phenoxy) is 1. The molecule has 2 amide bonds. The summed E-state index contributed by atoms with van der Waals surface area (Å²) in [6, 6.07) is 32.5. The number of fused-ring (bicyclic) bond motifs is 3. The van der Waals surface area contributed by atoms with E-state index in [9.17, 15) is 19.5 Å². The third-order valence-corrected chi connectivity index (χ3v) is 7.23. The van der Waals surface area contributed by atoms with Crippen LogP contribution in [0.3, 0.4) is 0 Å². The molecule has 5 rings (SSSR count). The lowest BCUT2D eigenvalue weighted by Crippen LogP contribution is -2.37. The monoisotopic (exact) mass is 534 g/mol. The molecule has 0 radical (unpaired) electrons. The van der Waals surface area contributed by atoms with Gasteiger partial charge in [0.25, 0.3) is 0 Å². The molecular weight excluding hydrogens is 504 g/mol. The van der Waals surface area contributed by atoms with E-state index in [1.807, 2.05) is 54.6 Å². The highest BCUT2D eigenvalue weighted by Crippen LogP contribution is 2.44. The minimum atomic E-state index is -1.07. The Bertz CT molecular complexity index is 1470. The van der Waals surface area contributed by atoms with E-state index >= 15 is 0 Å². The number of amides is 2. The van der Waals surface area contributed by atoms with Gasteiger partial charge in [-0.05, 0) is 52.4 Å². The molecule has 4 aromatic carbocycles. The lowest BCUT2D eigenvalue weighted by atomic mass is 9.98. The third-order valence-electron chi connectivity index (χ3n) is 7.23. The van der Waals surface area contributed by atoms with Crippen LogP contribution >= 0.6 is 0 Å². The van der Waals surface area contributed by atoms with Crippen LogP contribution in [0.15, 0.2) is 103 Å². The SMILES string of the molecule is CC(C(=O)N(CC(=O)O)Cc1ccccc1)c1ccc(NC(=O)OCC2c3ccccc3-c3ccccc32)cc1. The minimum absolute atomic E-state index is 0.0305. The van der Waals surface area contributed by atoms with Crippen LogP contribution in [0.2, 0.25) is 0 Å². The standard InChI is InChI=1S/C33H30N2O5/c1-22(32(38)35(20-31(36)37)19-23-9-3-2-4-10-23)24-15-17-25(18-16-24)34-33(39)40-21-30-28-13-7-5-11-26(28)27-12-6-8-14-29(27)30/h2-18,22,30H,19-21H2,1H3,(H,34,39)(H,36,37). The smallest absolute Gasteiger partial charge is 0.411 e. The van der Waals surface area contributed by atoms with E-state index in [4.69, 9.17) is 4.74 Å². The molecule has 0 heterocycles. The van der Waals surface area contributed by atoms with Gasteiger partial charge in [-0.1, -0.05) is 91.0 Å². The zero-order chi connectivity index (χ0) is 28.1. The molecule has 0 saturated heterocycles. The molecule has 1 atom stereocenters. The quantitative estimate of drug-likeness (QED) is 0.264. The highest BCUT2D eigenvalue weighted by atomic mass is 16.5. The van der Waals surface area contributed by atoms with Crippen LogP contribution in [0, 0.1) is 0 Å². The summed E-state index contributed by atoms with van der Waals surface area (Å²) in [5.74, 6) is -1.95. The number of carbonyl (C=O) groups excluding carboxylic acids is 2. The van der Waals surface area contributed by atoms with Gasteiger partial charge >= 0.3 is 12.1 Å². The van der Waals surface area contributed by atoms with Crippen LogP contribution in [0.25, 0.3) is 11.1 Å². The van der Waals surface area contributed by atoms with Crippen molar-refractivity contribution >= 4 is 23.7 Å². The van der Waals surface area contributed by atoms with E-state index in [-0.39, 0.29) is 31.5 Å². The molecule has 4 aromatic rings. The van der Waals surface area contributed by atoms with Crippen LogP contribution in [0.4, 0.5) is 10.5 Å². The van der Waals surface area contributed by atoms with Gasteiger partial charge in [-0.25, -0.2) is 4.79 Å². The Morgan fingerprint density at radius 3 is 2.00 bits per heavy atom. The first-order chi connectivity index (χ1) is 19.4. The van der Waals surface area contributed by atoms with Gasteiger partial charge in [-0.3, -0.25) is 14.9 Å². The van der Waals surface area contributed by atoms with Gasteiger partial charge in [0.1, 0.15) is 13.2 Å². The van der Waals surface area contributed by atoms with Crippen LogP contribution < -0.4 is 5.32 Å². The highest BCUT2D eigenvalue weighted by molar-refractivity contribution is 5.87. The molecule has 1 aliphatic rings. The second-order valence-electron chi connectivity index (χ2n) is 9.87. The maximum atomic E-state index is 13.2. The predicted octanol–water partition coefficient (Wildman–Crippen LogP) is 6.26. The predicted molar refractivity (Wildman–Crippen MR) is 153 cm³/mol. The number of nitrogens with one attached hydrogen (secondary N) is 1. The molecule has 2 N–H and O–H groups in total. The summed E-state index contributed by atoms with van der Waals surface area (Å²) < 4.78 is 5.62. The molecular formula is C33H30N2O5. The van der Waals surface area contributed by atoms with E-state index in [0.29, 0.717) is 11.3 Å². The van der Waals surface area contributed by atoms with Crippen LogP contribution in [-0.4, -0.2) is 41.1 Å². The van der Waals surface area contributed by atoms with E-state index in [2.05, 4.69) is 29.6 Å². The summed E-state index contributed by atoms with van der Waals surface area (Å²) in [5, 5.41) is 12.1. The van der Waals surface area contributed by atoms with Gasteiger partial charge in [0.05, 0.1) is 5.92 Å². The number of carboxylic acid groups (broad SMARTS) is 1. The van der Waals surface area contributed by atoms with Crippen molar-refractivity contribution in [3.63, 3.8) is 0 Å². The number of carboxylic acids is 1. The van der Waals surface area contributed by atoms with E-state index in [0.717, 1.165) is 27.8 Å². The summed E-state index contributed by atoms with van der Waals surface area (Å²) in [6.45, 7) is 1.78. The van der Waals surface area contributed by atoms with Crippen molar-refractivity contribution < 1.29 is 24.2 Å². The molecule has 0 aliphatic heterocycles. The summed E-state index contributed by atoms with van der Waals surface area (Å²) in [7, 11) is 0. The molecule has 7 heteroatoms. The van der Waals surface area contributed by atoms with Crippen molar-refractivity contribution in [3.05, 3.63) is 125 Å². The van der Waals surface area contributed by atoms with Crippen molar-refractivity contribution in [2.75, 3.05) is 18.5 Å². The Labute approximate surface area is 233 Å². The number of anilines is 1. The fraction of sp³-hybridized carbons (Fsp3) is 0.182.